The molecule has 2 N–H and O–H groups in total. The van der Waals surface area contributed by atoms with Crippen LogP contribution in [0.2, 0.25) is 0 Å². The summed E-state index contributed by atoms with van der Waals surface area (Å²) in [5.41, 5.74) is 5.15. The van der Waals surface area contributed by atoms with E-state index < -0.39 is 0 Å². The van der Waals surface area contributed by atoms with E-state index in [0.29, 0.717) is 18.1 Å². The van der Waals surface area contributed by atoms with E-state index >= 15 is 0 Å². The van der Waals surface area contributed by atoms with Crippen LogP contribution in [-0.4, -0.2) is 11.7 Å². The van der Waals surface area contributed by atoms with E-state index in [1.54, 1.807) is 6.92 Å². The van der Waals surface area contributed by atoms with Crippen LogP contribution in [0.15, 0.2) is 12.2 Å². The molecule has 3 nitrogen and oxygen atoms in total. The molecule has 0 aliphatic carbocycles. The first-order valence-electron chi connectivity index (χ1n) is 9.98. The molecular weight excluding hydrogens is 298 g/mol. The number of allylic oxidation sites excluding steroid dienone is 2. The Labute approximate surface area is 149 Å². The van der Waals surface area contributed by atoms with Gasteiger partial charge in [-0.1, -0.05) is 64.5 Å². The van der Waals surface area contributed by atoms with Gasteiger partial charge in [-0.3, -0.25) is 9.59 Å². The molecule has 0 aliphatic heterocycles. The van der Waals surface area contributed by atoms with Crippen LogP contribution in [0.5, 0.6) is 0 Å². The van der Waals surface area contributed by atoms with Gasteiger partial charge in [0, 0.05) is 12.3 Å². The minimum atomic E-state index is -0.216. The van der Waals surface area contributed by atoms with Gasteiger partial charge in [0.25, 0.3) is 0 Å². The molecule has 0 rings (SSSR count). The van der Waals surface area contributed by atoms with Crippen LogP contribution in [0.1, 0.15) is 97.8 Å². The van der Waals surface area contributed by atoms with Gasteiger partial charge in [-0.15, -0.1) is 0 Å². The van der Waals surface area contributed by atoms with E-state index in [4.69, 9.17) is 5.73 Å². The first-order valence-corrected chi connectivity index (χ1v) is 9.98. The van der Waals surface area contributed by atoms with Gasteiger partial charge in [-0.25, -0.2) is 0 Å². The lowest BCUT2D eigenvalue weighted by Gasteiger charge is -2.21. The highest BCUT2D eigenvalue weighted by molar-refractivity contribution is 5.78. The number of nitrogens with two attached hydrogens (primary N) is 1. The van der Waals surface area contributed by atoms with Gasteiger partial charge in [-0.05, 0) is 44.9 Å². The van der Waals surface area contributed by atoms with Gasteiger partial charge >= 0.3 is 0 Å². The van der Waals surface area contributed by atoms with Crippen molar-refractivity contribution in [3.63, 3.8) is 0 Å². The van der Waals surface area contributed by atoms with Crippen LogP contribution in [0.25, 0.3) is 0 Å². The Kier molecular flexibility index (Phi) is 14.7. The summed E-state index contributed by atoms with van der Waals surface area (Å²) in [6.45, 7) is 6.14. The maximum atomic E-state index is 12.0. The quantitative estimate of drug-likeness (QED) is 0.295. The largest absolute Gasteiger partial charge is 0.370 e. The second-order valence-corrected chi connectivity index (χ2v) is 6.99. The van der Waals surface area contributed by atoms with Gasteiger partial charge in [0.05, 0.1) is 0 Å². The lowest BCUT2D eigenvalue weighted by molar-refractivity contribution is -0.122. The minimum Gasteiger partial charge on any atom is -0.370 e. The molecule has 0 aromatic carbocycles. The van der Waals surface area contributed by atoms with Crippen molar-refractivity contribution in [2.24, 2.45) is 17.6 Å². The molecule has 24 heavy (non-hydrogen) atoms. The van der Waals surface area contributed by atoms with Gasteiger partial charge in [0.15, 0.2) is 0 Å². The zero-order chi connectivity index (χ0) is 18.2. The highest BCUT2D eigenvalue weighted by Crippen LogP contribution is 2.25. The van der Waals surface area contributed by atoms with Crippen LogP contribution in [-0.2, 0) is 9.59 Å². The molecule has 0 saturated heterocycles. The van der Waals surface area contributed by atoms with Crippen molar-refractivity contribution >= 4 is 11.7 Å². The minimum absolute atomic E-state index is 0.151. The first-order chi connectivity index (χ1) is 11.5. The normalized spacial score (nSPS) is 14.0. The zero-order valence-electron chi connectivity index (χ0n) is 16.2. The number of hydrogen-bond donors (Lipinski definition) is 1. The molecule has 0 saturated carbocycles. The molecule has 0 heterocycles. The van der Waals surface area contributed by atoms with E-state index in [0.717, 1.165) is 44.9 Å². The Morgan fingerprint density at radius 2 is 1.62 bits per heavy atom. The van der Waals surface area contributed by atoms with E-state index in [9.17, 15) is 9.59 Å². The third-order valence-electron chi connectivity index (χ3n) is 4.81. The number of carbonyl (C=O) groups excluding carboxylic acids is 2. The van der Waals surface area contributed by atoms with Crippen LogP contribution < -0.4 is 5.73 Å². The van der Waals surface area contributed by atoms with Crippen molar-refractivity contribution in [3.8, 4) is 0 Å². The Balaban J connectivity index is 4.16. The maximum Gasteiger partial charge on any atom is 0.217 e. The van der Waals surface area contributed by atoms with Crippen LogP contribution in [0.3, 0.4) is 0 Å². The molecule has 0 aliphatic rings. The second kappa shape index (κ2) is 15.4. The monoisotopic (exact) mass is 337 g/mol. The molecule has 0 bridgehead atoms. The van der Waals surface area contributed by atoms with Crippen molar-refractivity contribution in [2.45, 2.75) is 97.8 Å². The average Bonchev–Trinajstić information content (AvgIpc) is 2.54. The third kappa shape index (κ3) is 12.3. The number of unbranched alkanes of at least 4 members (excludes halogenated alkanes) is 7. The van der Waals surface area contributed by atoms with E-state index in [1.807, 2.05) is 0 Å². The van der Waals surface area contributed by atoms with Crippen molar-refractivity contribution < 1.29 is 9.59 Å². The highest BCUT2D eigenvalue weighted by Gasteiger charge is 2.21. The van der Waals surface area contributed by atoms with Gasteiger partial charge in [0.2, 0.25) is 5.91 Å². The predicted octanol–water partition coefficient (Wildman–Crippen LogP) is 5.57. The highest BCUT2D eigenvalue weighted by atomic mass is 16.1. The lowest BCUT2D eigenvalue weighted by Crippen LogP contribution is -2.20. The Morgan fingerprint density at radius 1 is 0.958 bits per heavy atom. The first kappa shape index (κ1) is 22.9. The number of ketones is 1. The molecule has 0 aromatic heterocycles. The smallest absolute Gasteiger partial charge is 0.217 e. The van der Waals surface area contributed by atoms with Crippen molar-refractivity contribution in [1.29, 1.82) is 0 Å². The summed E-state index contributed by atoms with van der Waals surface area (Å²) in [5, 5.41) is 0. The third-order valence-corrected chi connectivity index (χ3v) is 4.81. The van der Waals surface area contributed by atoms with Gasteiger partial charge in [-0.2, -0.15) is 0 Å². The number of carbonyl (C=O) groups is 2. The van der Waals surface area contributed by atoms with E-state index in [2.05, 4.69) is 26.0 Å². The van der Waals surface area contributed by atoms with E-state index in [-0.39, 0.29) is 11.8 Å². The molecule has 0 spiro atoms. The van der Waals surface area contributed by atoms with Crippen molar-refractivity contribution in [1.82, 2.24) is 0 Å². The fourth-order valence-electron chi connectivity index (χ4n) is 3.25. The fourth-order valence-corrected chi connectivity index (χ4v) is 3.25. The Hall–Kier alpha value is -1.12. The summed E-state index contributed by atoms with van der Waals surface area (Å²) < 4.78 is 0. The summed E-state index contributed by atoms with van der Waals surface area (Å²) >= 11 is 0. The number of amides is 1. The number of rotatable bonds is 16. The number of Topliss-reactive ketones (excluding diaryl/α,β-unsaturated/α-hetero) is 1. The summed E-state index contributed by atoms with van der Waals surface area (Å²) in [4.78, 5) is 22.7. The average molecular weight is 338 g/mol. The topological polar surface area (TPSA) is 60.2 Å². The summed E-state index contributed by atoms with van der Waals surface area (Å²) in [5.74, 6) is 0.624. The fraction of sp³-hybridized carbons (Fsp3) is 0.810. The Bertz CT molecular complexity index is 363. The summed E-state index contributed by atoms with van der Waals surface area (Å²) in [6.07, 6.45) is 17.3. The zero-order valence-corrected chi connectivity index (χ0v) is 16.2. The number of hydrogen-bond acceptors (Lipinski definition) is 2. The summed E-state index contributed by atoms with van der Waals surface area (Å²) in [6, 6.07) is 0. The molecular formula is C21H39NO2. The second-order valence-electron chi connectivity index (χ2n) is 6.99. The summed E-state index contributed by atoms with van der Waals surface area (Å²) in [7, 11) is 0. The van der Waals surface area contributed by atoms with E-state index in [1.165, 1.54) is 25.7 Å². The maximum absolute atomic E-state index is 12.0. The molecule has 0 unspecified atom stereocenters. The lowest BCUT2D eigenvalue weighted by atomic mass is 9.82. The molecule has 0 aromatic rings. The standard InChI is InChI=1S/C21H39NO2/c1-4-6-7-8-9-12-15-19(5-2)20(18(3)23)16-13-10-11-14-17-21(22)24/h12,15,19-20H,4-11,13-14,16-17H2,1-3H3,(H2,22,24)/b15-12+/t19-,20+/m1/s1. The van der Waals surface area contributed by atoms with Crippen molar-refractivity contribution in [2.75, 3.05) is 0 Å². The molecule has 140 valence electrons. The predicted molar refractivity (Wildman–Crippen MR) is 103 cm³/mol. The SMILES string of the molecule is CCCCCC/C=C/[C@@H](CC)[C@@H](CCCCCCC(N)=O)C(C)=O. The molecule has 0 fully saturated rings. The van der Waals surface area contributed by atoms with Gasteiger partial charge in [0.1, 0.15) is 5.78 Å². The molecule has 3 heteroatoms. The molecule has 0 radical (unpaired) electrons. The molecule has 1 amide bonds. The van der Waals surface area contributed by atoms with Gasteiger partial charge < -0.3 is 5.73 Å². The van der Waals surface area contributed by atoms with Crippen molar-refractivity contribution in [3.05, 3.63) is 12.2 Å². The number of primary amides is 1. The van der Waals surface area contributed by atoms with Crippen LogP contribution >= 0.6 is 0 Å². The van der Waals surface area contributed by atoms with Crippen LogP contribution in [0.4, 0.5) is 0 Å². The Morgan fingerprint density at radius 3 is 2.21 bits per heavy atom. The molecule has 2 atom stereocenters. The van der Waals surface area contributed by atoms with Crippen LogP contribution in [0, 0.1) is 11.8 Å².